The first-order valence-electron chi connectivity index (χ1n) is 9.67. The average molecular weight is 391 g/mol. The van der Waals surface area contributed by atoms with Gasteiger partial charge in [-0.2, -0.15) is 0 Å². The van der Waals surface area contributed by atoms with E-state index in [9.17, 15) is 9.59 Å². The number of likely N-dealkylation sites (N-methyl/N-ethyl adjacent to an activating group) is 1. The molecule has 0 radical (unpaired) electrons. The maximum atomic E-state index is 12.7. The molecule has 2 heterocycles. The predicted octanol–water partition coefficient (Wildman–Crippen LogP) is 2.17. The molecule has 29 heavy (non-hydrogen) atoms. The third-order valence-electron chi connectivity index (χ3n) is 5.38. The summed E-state index contributed by atoms with van der Waals surface area (Å²) < 4.78 is 0. The summed E-state index contributed by atoms with van der Waals surface area (Å²) >= 11 is 0. The number of carbonyl (C=O) groups is 2. The number of hydrogen-bond donors (Lipinski definition) is 1. The van der Waals surface area contributed by atoms with Crippen LogP contribution in [0, 0.1) is 6.92 Å². The van der Waals surface area contributed by atoms with Crippen LogP contribution in [0.4, 0.5) is 4.79 Å². The van der Waals surface area contributed by atoms with Crippen molar-refractivity contribution in [1.82, 2.24) is 20.0 Å². The number of carbonyl (C=O) groups excluding carboxylic acids is 2. The van der Waals surface area contributed by atoms with Gasteiger partial charge in [0.25, 0.3) is 5.91 Å². The van der Waals surface area contributed by atoms with Crippen LogP contribution in [0.2, 0.25) is 0 Å². The zero-order valence-electron chi connectivity index (χ0n) is 16.9. The van der Waals surface area contributed by atoms with Gasteiger partial charge in [0.15, 0.2) is 18.2 Å². The molecule has 0 bridgehead atoms. The first-order valence-corrected chi connectivity index (χ1v) is 9.67. The van der Waals surface area contributed by atoms with Crippen molar-refractivity contribution in [2.45, 2.75) is 32.2 Å². The number of aliphatic imine (C=N–C) groups is 1. The highest BCUT2D eigenvalue weighted by Crippen LogP contribution is 2.27. The summed E-state index contributed by atoms with van der Waals surface area (Å²) in [7, 11) is 3.64. The number of hydrogen-bond acceptors (Lipinski definition) is 5. The van der Waals surface area contributed by atoms with Gasteiger partial charge in [0.1, 0.15) is 0 Å². The maximum absolute atomic E-state index is 12.7. The van der Waals surface area contributed by atoms with Crippen LogP contribution in [-0.2, 0) is 17.9 Å². The molecule has 2 aromatic carbocycles. The second-order valence-corrected chi connectivity index (χ2v) is 7.65. The SMILES string of the molecule is Cc1cccc(CN2C(N(C)Cc3ccccc3)=NC3C2C(=O)NC(=O)N3C)c1. The van der Waals surface area contributed by atoms with Crippen LogP contribution in [0.15, 0.2) is 59.6 Å². The molecular formula is C22H25N5O2. The van der Waals surface area contributed by atoms with E-state index in [4.69, 9.17) is 4.99 Å². The number of rotatable bonds is 4. The maximum Gasteiger partial charge on any atom is 0.325 e. The van der Waals surface area contributed by atoms with E-state index in [1.165, 1.54) is 4.90 Å². The Bertz CT molecular complexity index is 959. The van der Waals surface area contributed by atoms with Gasteiger partial charge in [0, 0.05) is 27.2 Å². The van der Waals surface area contributed by atoms with E-state index in [1.807, 2.05) is 60.2 Å². The van der Waals surface area contributed by atoms with Gasteiger partial charge in [-0.1, -0.05) is 60.2 Å². The van der Waals surface area contributed by atoms with E-state index < -0.39 is 18.2 Å². The minimum Gasteiger partial charge on any atom is -0.341 e. The molecule has 1 N–H and O–H groups in total. The monoisotopic (exact) mass is 391 g/mol. The molecule has 0 aromatic heterocycles. The summed E-state index contributed by atoms with van der Waals surface area (Å²) in [6.07, 6.45) is -0.533. The number of urea groups is 1. The summed E-state index contributed by atoms with van der Waals surface area (Å²) in [5, 5.41) is 2.45. The van der Waals surface area contributed by atoms with Crippen molar-refractivity contribution in [3.8, 4) is 0 Å². The highest BCUT2D eigenvalue weighted by molar-refractivity contribution is 6.03. The van der Waals surface area contributed by atoms with Gasteiger partial charge in [-0.15, -0.1) is 0 Å². The van der Waals surface area contributed by atoms with E-state index >= 15 is 0 Å². The Morgan fingerprint density at radius 3 is 2.52 bits per heavy atom. The number of nitrogens with zero attached hydrogens (tertiary/aromatic N) is 4. The van der Waals surface area contributed by atoms with E-state index in [1.54, 1.807) is 7.05 Å². The van der Waals surface area contributed by atoms with Crippen LogP contribution in [0.5, 0.6) is 0 Å². The van der Waals surface area contributed by atoms with Crippen LogP contribution in [-0.4, -0.2) is 58.9 Å². The summed E-state index contributed by atoms with van der Waals surface area (Å²) in [5.41, 5.74) is 3.41. The topological polar surface area (TPSA) is 68.2 Å². The van der Waals surface area contributed by atoms with Crippen LogP contribution in [0.3, 0.4) is 0 Å². The molecule has 2 aliphatic rings. The lowest BCUT2D eigenvalue weighted by atomic mass is 10.1. The van der Waals surface area contributed by atoms with Crippen LogP contribution < -0.4 is 5.32 Å². The summed E-state index contributed by atoms with van der Waals surface area (Å²) in [6, 6.07) is 17.4. The standard InChI is InChI=1S/C22H25N5O2/c1-15-8-7-11-17(12-15)14-27-18-19(26(3)22(29)24-20(18)28)23-21(27)25(2)13-16-9-5-4-6-10-16/h4-12,18-19H,13-14H2,1-3H3,(H,24,28,29). The molecule has 150 valence electrons. The molecule has 7 heteroatoms. The number of benzene rings is 2. The van der Waals surface area contributed by atoms with E-state index in [0.29, 0.717) is 19.0 Å². The Morgan fingerprint density at radius 2 is 1.79 bits per heavy atom. The fourth-order valence-electron chi connectivity index (χ4n) is 3.93. The van der Waals surface area contributed by atoms with Gasteiger partial charge < -0.3 is 14.7 Å². The minimum absolute atomic E-state index is 0.308. The normalized spacial score (nSPS) is 21.0. The Morgan fingerprint density at radius 1 is 1.07 bits per heavy atom. The van der Waals surface area contributed by atoms with E-state index in [-0.39, 0.29) is 5.91 Å². The third-order valence-corrected chi connectivity index (χ3v) is 5.38. The quantitative estimate of drug-likeness (QED) is 0.867. The van der Waals surface area contributed by atoms with Crippen molar-refractivity contribution in [2.75, 3.05) is 14.1 Å². The highest BCUT2D eigenvalue weighted by Gasteiger charge is 2.49. The largest absolute Gasteiger partial charge is 0.341 e. The summed E-state index contributed by atoms with van der Waals surface area (Å²) in [5.74, 6) is 0.402. The summed E-state index contributed by atoms with van der Waals surface area (Å²) in [6.45, 7) is 3.24. The molecule has 1 saturated heterocycles. The van der Waals surface area contributed by atoms with Gasteiger partial charge >= 0.3 is 6.03 Å². The first-order chi connectivity index (χ1) is 13.9. The molecular weight excluding hydrogens is 366 g/mol. The van der Waals surface area contributed by atoms with E-state index in [0.717, 1.165) is 16.7 Å². The van der Waals surface area contributed by atoms with Crippen molar-refractivity contribution in [1.29, 1.82) is 0 Å². The van der Waals surface area contributed by atoms with Gasteiger partial charge in [-0.05, 0) is 18.1 Å². The van der Waals surface area contributed by atoms with Gasteiger partial charge in [0.05, 0.1) is 0 Å². The molecule has 0 spiro atoms. The molecule has 7 nitrogen and oxygen atoms in total. The molecule has 4 rings (SSSR count). The van der Waals surface area contributed by atoms with E-state index in [2.05, 4.69) is 23.5 Å². The molecule has 2 atom stereocenters. The van der Waals surface area contributed by atoms with Crippen LogP contribution >= 0.6 is 0 Å². The fraction of sp³-hybridized carbons (Fsp3) is 0.318. The van der Waals surface area contributed by atoms with Crippen molar-refractivity contribution in [3.63, 3.8) is 0 Å². The zero-order chi connectivity index (χ0) is 20.5. The highest BCUT2D eigenvalue weighted by atomic mass is 16.2. The lowest BCUT2D eigenvalue weighted by molar-refractivity contribution is -0.127. The molecule has 0 saturated carbocycles. The van der Waals surface area contributed by atoms with Crippen molar-refractivity contribution < 1.29 is 9.59 Å². The average Bonchev–Trinajstić information content (AvgIpc) is 3.07. The second kappa shape index (κ2) is 7.58. The number of aryl methyl sites for hydroxylation is 1. The summed E-state index contributed by atoms with van der Waals surface area (Å²) in [4.78, 5) is 35.2. The molecule has 2 unspecified atom stereocenters. The Hall–Kier alpha value is -3.35. The lowest BCUT2D eigenvalue weighted by Crippen LogP contribution is -2.63. The van der Waals surface area contributed by atoms with Crippen molar-refractivity contribution in [3.05, 3.63) is 71.3 Å². The van der Waals surface area contributed by atoms with Crippen molar-refractivity contribution >= 4 is 17.9 Å². The molecule has 3 amide bonds. The molecule has 0 aliphatic carbocycles. The van der Waals surface area contributed by atoms with Gasteiger partial charge in [-0.3, -0.25) is 10.1 Å². The number of guanidine groups is 1. The predicted molar refractivity (Wildman–Crippen MR) is 111 cm³/mol. The van der Waals surface area contributed by atoms with Crippen molar-refractivity contribution in [2.24, 2.45) is 4.99 Å². The second-order valence-electron chi connectivity index (χ2n) is 7.65. The van der Waals surface area contributed by atoms with Crippen LogP contribution in [0.1, 0.15) is 16.7 Å². The Balaban J connectivity index is 1.67. The number of imide groups is 1. The minimum atomic E-state index is -0.550. The number of nitrogens with one attached hydrogen (secondary N) is 1. The molecule has 1 fully saturated rings. The van der Waals surface area contributed by atoms with Gasteiger partial charge in [-0.25, -0.2) is 9.79 Å². The molecule has 2 aliphatic heterocycles. The lowest BCUT2D eigenvalue weighted by Gasteiger charge is -2.37. The Kier molecular flexibility index (Phi) is 4.96. The molecule has 2 aromatic rings. The number of fused-ring (bicyclic) bond motifs is 1. The Labute approximate surface area is 170 Å². The number of amides is 3. The van der Waals surface area contributed by atoms with Gasteiger partial charge in [0.2, 0.25) is 0 Å². The zero-order valence-corrected chi connectivity index (χ0v) is 16.9. The first kappa shape index (κ1) is 19.0. The smallest absolute Gasteiger partial charge is 0.325 e. The fourth-order valence-corrected chi connectivity index (χ4v) is 3.93. The third kappa shape index (κ3) is 3.68. The van der Waals surface area contributed by atoms with Crippen LogP contribution in [0.25, 0.3) is 0 Å².